The van der Waals surface area contributed by atoms with Crippen molar-refractivity contribution in [1.29, 1.82) is 0 Å². The molecule has 0 radical (unpaired) electrons. The molecule has 1 heterocycles. The van der Waals surface area contributed by atoms with Crippen molar-refractivity contribution in [2.24, 2.45) is 0 Å². The maximum atomic E-state index is 11.7. The molecule has 0 aliphatic carbocycles. The predicted octanol–water partition coefficient (Wildman–Crippen LogP) is 1.02. The monoisotopic (exact) mass is 262 g/mol. The number of morpholine rings is 1. The van der Waals surface area contributed by atoms with Crippen LogP contribution in [0.1, 0.15) is 5.56 Å². The third kappa shape index (κ3) is 4.33. The topological polar surface area (TPSA) is 32.8 Å². The lowest BCUT2D eigenvalue weighted by molar-refractivity contribution is -0.131. The fourth-order valence-electron chi connectivity index (χ4n) is 2.26. The van der Waals surface area contributed by atoms with Crippen LogP contribution in [0, 0.1) is 0 Å². The summed E-state index contributed by atoms with van der Waals surface area (Å²) in [4.78, 5) is 15.5. The van der Waals surface area contributed by atoms with Gasteiger partial charge in [-0.15, -0.1) is 0 Å². The van der Waals surface area contributed by atoms with Gasteiger partial charge >= 0.3 is 0 Å². The number of hydrogen-bond donors (Lipinski definition) is 0. The summed E-state index contributed by atoms with van der Waals surface area (Å²) in [5, 5.41) is 0. The number of amides is 1. The minimum Gasteiger partial charge on any atom is -0.375 e. The van der Waals surface area contributed by atoms with E-state index in [1.807, 2.05) is 18.2 Å². The Morgan fingerprint density at radius 3 is 2.79 bits per heavy atom. The maximum absolute atomic E-state index is 11.7. The Morgan fingerprint density at radius 1 is 1.37 bits per heavy atom. The Hall–Kier alpha value is -1.39. The molecule has 2 rings (SSSR count). The summed E-state index contributed by atoms with van der Waals surface area (Å²) < 4.78 is 5.79. The number of nitrogens with zero attached hydrogens (tertiary/aromatic N) is 2. The van der Waals surface area contributed by atoms with Crippen molar-refractivity contribution in [3.63, 3.8) is 0 Å². The van der Waals surface area contributed by atoms with Crippen LogP contribution in [0.15, 0.2) is 30.3 Å². The number of hydrogen-bond acceptors (Lipinski definition) is 3. The Bertz CT molecular complexity index is 406. The lowest BCUT2D eigenvalue weighted by Gasteiger charge is -2.33. The second-order valence-corrected chi connectivity index (χ2v) is 5.21. The standard InChI is InChI=1S/C15H22N2O2/c1-16(2)15(18)12-17-8-9-19-14(11-17)10-13-6-4-3-5-7-13/h3-7,14H,8-12H2,1-2H3/t14-/m1/s1. The Kier molecular flexibility index (Phi) is 4.93. The van der Waals surface area contributed by atoms with Gasteiger partial charge < -0.3 is 9.64 Å². The van der Waals surface area contributed by atoms with Crippen LogP contribution in [0.25, 0.3) is 0 Å². The average molecular weight is 262 g/mol. The largest absolute Gasteiger partial charge is 0.375 e. The van der Waals surface area contributed by atoms with E-state index in [1.54, 1.807) is 19.0 Å². The third-order valence-corrected chi connectivity index (χ3v) is 3.39. The molecule has 1 aromatic rings. The van der Waals surface area contributed by atoms with E-state index in [0.717, 1.165) is 19.5 Å². The SMILES string of the molecule is CN(C)C(=O)CN1CCO[C@H](Cc2ccccc2)C1. The molecule has 0 aromatic heterocycles. The maximum Gasteiger partial charge on any atom is 0.236 e. The second-order valence-electron chi connectivity index (χ2n) is 5.21. The van der Waals surface area contributed by atoms with Gasteiger partial charge in [-0.05, 0) is 12.0 Å². The van der Waals surface area contributed by atoms with Gasteiger partial charge in [-0.3, -0.25) is 9.69 Å². The van der Waals surface area contributed by atoms with E-state index in [-0.39, 0.29) is 12.0 Å². The van der Waals surface area contributed by atoms with E-state index in [1.165, 1.54) is 5.56 Å². The molecular formula is C15H22N2O2. The van der Waals surface area contributed by atoms with E-state index in [4.69, 9.17) is 4.74 Å². The Labute approximate surface area is 115 Å². The molecule has 0 saturated carbocycles. The highest BCUT2D eigenvalue weighted by Crippen LogP contribution is 2.11. The van der Waals surface area contributed by atoms with Crippen molar-refractivity contribution in [3.05, 3.63) is 35.9 Å². The highest BCUT2D eigenvalue weighted by atomic mass is 16.5. The van der Waals surface area contributed by atoms with Gasteiger partial charge in [0.05, 0.1) is 19.3 Å². The van der Waals surface area contributed by atoms with Gasteiger partial charge in [0.2, 0.25) is 5.91 Å². The summed E-state index contributed by atoms with van der Waals surface area (Å²) in [7, 11) is 3.59. The van der Waals surface area contributed by atoms with Crippen LogP contribution in [-0.4, -0.2) is 62.1 Å². The molecule has 1 amide bonds. The van der Waals surface area contributed by atoms with Gasteiger partial charge in [0.25, 0.3) is 0 Å². The minimum atomic E-state index is 0.153. The molecule has 1 saturated heterocycles. The zero-order chi connectivity index (χ0) is 13.7. The van der Waals surface area contributed by atoms with Crippen LogP contribution < -0.4 is 0 Å². The molecular weight excluding hydrogens is 240 g/mol. The zero-order valence-corrected chi connectivity index (χ0v) is 11.7. The Balaban J connectivity index is 1.85. The lowest BCUT2D eigenvalue weighted by Crippen LogP contribution is -2.47. The molecule has 1 fully saturated rings. The summed E-state index contributed by atoms with van der Waals surface area (Å²) in [6, 6.07) is 10.4. The van der Waals surface area contributed by atoms with E-state index >= 15 is 0 Å². The van der Waals surface area contributed by atoms with Crippen molar-refractivity contribution in [1.82, 2.24) is 9.80 Å². The normalized spacial score (nSPS) is 20.2. The van der Waals surface area contributed by atoms with Crippen LogP contribution >= 0.6 is 0 Å². The third-order valence-electron chi connectivity index (χ3n) is 3.39. The van der Waals surface area contributed by atoms with Crippen LogP contribution in [0.2, 0.25) is 0 Å². The van der Waals surface area contributed by atoms with E-state index in [0.29, 0.717) is 13.2 Å². The van der Waals surface area contributed by atoms with Crippen LogP contribution in [0.3, 0.4) is 0 Å². The van der Waals surface area contributed by atoms with E-state index < -0.39 is 0 Å². The molecule has 0 N–H and O–H groups in total. The quantitative estimate of drug-likeness (QED) is 0.812. The predicted molar refractivity (Wildman–Crippen MR) is 75.0 cm³/mol. The van der Waals surface area contributed by atoms with Gasteiger partial charge in [0, 0.05) is 27.2 Å². The van der Waals surface area contributed by atoms with Gasteiger partial charge in [0.1, 0.15) is 0 Å². The fourth-order valence-corrected chi connectivity index (χ4v) is 2.26. The number of rotatable bonds is 4. The first kappa shape index (κ1) is 14.0. The summed E-state index contributed by atoms with van der Waals surface area (Å²) in [6.07, 6.45) is 1.10. The number of likely N-dealkylation sites (N-methyl/N-ethyl adjacent to an activating group) is 1. The van der Waals surface area contributed by atoms with Crippen LogP contribution in [0.4, 0.5) is 0 Å². The van der Waals surface area contributed by atoms with Gasteiger partial charge in [0.15, 0.2) is 0 Å². The molecule has 1 atom stereocenters. The molecule has 4 heteroatoms. The van der Waals surface area contributed by atoms with Crippen molar-refractivity contribution in [3.8, 4) is 0 Å². The molecule has 0 unspecified atom stereocenters. The summed E-state index contributed by atoms with van der Waals surface area (Å²) in [5.41, 5.74) is 1.29. The number of carbonyl (C=O) groups excluding carboxylic acids is 1. The first-order valence-electron chi connectivity index (χ1n) is 6.73. The first-order chi connectivity index (χ1) is 9.15. The first-order valence-corrected chi connectivity index (χ1v) is 6.73. The fraction of sp³-hybridized carbons (Fsp3) is 0.533. The van der Waals surface area contributed by atoms with Gasteiger partial charge in [-0.25, -0.2) is 0 Å². The second kappa shape index (κ2) is 6.68. The van der Waals surface area contributed by atoms with Gasteiger partial charge in [-0.2, -0.15) is 0 Å². The van der Waals surface area contributed by atoms with Crippen molar-refractivity contribution < 1.29 is 9.53 Å². The molecule has 0 bridgehead atoms. The molecule has 19 heavy (non-hydrogen) atoms. The number of carbonyl (C=O) groups is 1. The van der Waals surface area contributed by atoms with Gasteiger partial charge in [-0.1, -0.05) is 30.3 Å². The van der Waals surface area contributed by atoms with Crippen molar-refractivity contribution in [2.75, 3.05) is 40.3 Å². The Morgan fingerprint density at radius 2 is 2.11 bits per heavy atom. The highest BCUT2D eigenvalue weighted by molar-refractivity contribution is 5.77. The number of ether oxygens (including phenoxy) is 1. The molecule has 1 aromatic carbocycles. The smallest absolute Gasteiger partial charge is 0.236 e. The average Bonchev–Trinajstić information content (AvgIpc) is 2.40. The molecule has 4 nitrogen and oxygen atoms in total. The molecule has 1 aliphatic heterocycles. The van der Waals surface area contributed by atoms with Crippen molar-refractivity contribution in [2.45, 2.75) is 12.5 Å². The summed E-state index contributed by atoms with van der Waals surface area (Å²) in [5.74, 6) is 0.153. The highest BCUT2D eigenvalue weighted by Gasteiger charge is 2.22. The summed E-state index contributed by atoms with van der Waals surface area (Å²) >= 11 is 0. The van der Waals surface area contributed by atoms with E-state index in [9.17, 15) is 4.79 Å². The van der Waals surface area contributed by atoms with Crippen LogP contribution in [-0.2, 0) is 16.0 Å². The molecule has 0 spiro atoms. The van der Waals surface area contributed by atoms with Crippen molar-refractivity contribution >= 4 is 5.91 Å². The van der Waals surface area contributed by atoms with Crippen LogP contribution in [0.5, 0.6) is 0 Å². The molecule has 1 aliphatic rings. The zero-order valence-electron chi connectivity index (χ0n) is 11.7. The lowest BCUT2D eigenvalue weighted by atomic mass is 10.1. The minimum absolute atomic E-state index is 0.153. The summed E-state index contributed by atoms with van der Waals surface area (Å²) in [6.45, 7) is 2.86. The van der Waals surface area contributed by atoms with E-state index in [2.05, 4.69) is 17.0 Å². The molecule has 104 valence electrons. The number of benzene rings is 1.